The van der Waals surface area contributed by atoms with Gasteiger partial charge in [0.05, 0.1) is 0 Å². The highest BCUT2D eigenvalue weighted by atomic mass is 32.1. The highest BCUT2D eigenvalue weighted by Crippen LogP contribution is 2.28. The van der Waals surface area contributed by atoms with Gasteiger partial charge in [0.25, 0.3) is 0 Å². The summed E-state index contributed by atoms with van der Waals surface area (Å²) in [5.74, 6) is 0. The Balaban J connectivity index is 1.92. The molecule has 1 aliphatic rings. The van der Waals surface area contributed by atoms with Gasteiger partial charge in [-0.15, -0.1) is 0 Å². The molecule has 2 aromatic carbocycles. The molecule has 2 N–H and O–H groups in total. The quantitative estimate of drug-likeness (QED) is 0.876. The van der Waals surface area contributed by atoms with Crippen molar-refractivity contribution in [2.24, 2.45) is 5.73 Å². The molecule has 3 rings (SSSR count). The van der Waals surface area contributed by atoms with E-state index >= 15 is 0 Å². The number of anilines is 1. The Labute approximate surface area is 125 Å². The van der Waals surface area contributed by atoms with Crippen LogP contribution in [0, 0.1) is 0 Å². The Bertz CT molecular complexity index is 636. The van der Waals surface area contributed by atoms with Crippen molar-refractivity contribution in [2.75, 3.05) is 11.4 Å². The van der Waals surface area contributed by atoms with Gasteiger partial charge in [-0.3, -0.25) is 0 Å². The lowest BCUT2D eigenvalue weighted by Crippen LogP contribution is -2.29. The summed E-state index contributed by atoms with van der Waals surface area (Å²) in [5, 5.41) is 0. The maximum absolute atomic E-state index is 5.83. The molecule has 1 heterocycles. The standard InChI is InChI=1S/C17H18N2S/c18-17(20)15-9-3-1-7-14(15)12-19-11-5-8-13-6-2-4-10-16(13)19/h1-4,6-7,9-10H,5,8,11-12H2,(H2,18,20). The van der Waals surface area contributed by atoms with E-state index in [1.54, 1.807) is 0 Å². The summed E-state index contributed by atoms with van der Waals surface area (Å²) in [6, 6.07) is 16.8. The van der Waals surface area contributed by atoms with E-state index in [1.807, 2.05) is 18.2 Å². The lowest BCUT2D eigenvalue weighted by molar-refractivity contribution is 0.691. The minimum atomic E-state index is 0.478. The van der Waals surface area contributed by atoms with Crippen LogP contribution in [0.3, 0.4) is 0 Å². The van der Waals surface area contributed by atoms with E-state index in [-0.39, 0.29) is 0 Å². The molecule has 2 nitrogen and oxygen atoms in total. The SMILES string of the molecule is NC(=S)c1ccccc1CN1CCCc2ccccc21. The van der Waals surface area contributed by atoms with E-state index < -0.39 is 0 Å². The molecule has 0 bridgehead atoms. The molecule has 20 heavy (non-hydrogen) atoms. The summed E-state index contributed by atoms with van der Waals surface area (Å²) in [6.07, 6.45) is 2.37. The second-order valence-corrected chi connectivity index (χ2v) is 5.62. The first-order valence-corrected chi connectivity index (χ1v) is 7.37. The van der Waals surface area contributed by atoms with Crippen LogP contribution in [0.2, 0.25) is 0 Å². The highest BCUT2D eigenvalue weighted by Gasteiger charge is 2.17. The van der Waals surface area contributed by atoms with Gasteiger partial charge in [-0.05, 0) is 30.0 Å². The highest BCUT2D eigenvalue weighted by molar-refractivity contribution is 7.80. The first-order chi connectivity index (χ1) is 9.75. The zero-order chi connectivity index (χ0) is 13.9. The molecule has 0 spiro atoms. The summed E-state index contributed by atoms with van der Waals surface area (Å²) >= 11 is 5.15. The number of hydrogen-bond donors (Lipinski definition) is 1. The first-order valence-electron chi connectivity index (χ1n) is 6.96. The Morgan fingerprint density at radius 3 is 2.70 bits per heavy atom. The van der Waals surface area contributed by atoms with Gasteiger partial charge in [-0.1, -0.05) is 54.7 Å². The molecule has 0 saturated carbocycles. The van der Waals surface area contributed by atoms with Crippen molar-refractivity contribution in [3.05, 3.63) is 65.2 Å². The fraction of sp³-hybridized carbons (Fsp3) is 0.235. The Morgan fingerprint density at radius 2 is 1.85 bits per heavy atom. The summed E-state index contributed by atoms with van der Waals surface area (Å²) in [5.41, 5.74) is 10.8. The van der Waals surface area contributed by atoms with Crippen LogP contribution >= 0.6 is 12.2 Å². The lowest BCUT2D eigenvalue weighted by Gasteiger charge is -2.31. The Morgan fingerprint density at radius 1 is 1.10 bits per heavy atom. The number of nitrogens with two attached hydrogens (primary N) is 1. The van der Waals surface area contributed by atoms with E-state index in [1.165, 1.54) is 29.7 Å². The molecule has 2 aromatic rings. The van der Waals surface area contributed by atoms with Gasteiger partial charge in [0, 0.05) is 24.3 Å². The second-order valence-electron chi connectivity index (χ2n) is 5.18. The van der Waals surface area contributed by atoms with Crippen LogP contribution in [-0.2, 0) is 13.0 Å². The third-order valence-electron chi connectivity index (χ3n) is 3.85. The van der Waals surface area contributed by atoms with Gasteiger partial charge in [-0.25, -0.2) is 0 Å². The first kappa shape index (κ1) is 13.1. The van der Waals surface area contributed by atoms with Gasteiger partial charge < -0.3 is 10.6 Å². The number of para-hydroxylation sites is 1. The number of thiocarbonyl (C=S) groups is 1. The van der Waals surface area contributed by atoms with Crippen molar-refractivity contribution >= 4 is 22.9 Å². The zero-order valence-electron chi connectivity index (χ0n) is 11.4. The molecule has 0 atom stereocenters. The zero-order valence-corrected chi connectivity index (χ0v) is 12.2. The van der Waals surface area contributed by atoms with Crippen molar-refractivity contribution in [1.29, 1.82) is 0 Å². The maximum atomic E-state index is 5.83. The van der Waals surface area contributed by atoms with Crippen molar-refractivity contribution in [2.45, 2.75) is 19.4 Å². The van der Waals surface area contributed by atoms with Gasteiger partial charge in [0.1, 0.15) is 4.99 Å². The molecule has 0 saturated heterocycles. The largest absolute Gasteiger partial charge is 0.389 e. The van der Waals surface area contributed by atoms with Gasteiger partial charge in [-0.2, -0.15) is 0 Å². The molecule has 0 radical (unpaired) electrons. The monoisotopic (exact) mass is 282 g/mol. The molecule has 102 valence electrons. The normalized spacial score (nSPS) is 13.9. The predicted molar refractivity (Wildman–Crippen MR) is 88.1 cm³/mol. The molecule has 0 fully saturated rings. The fourth-order valence-electron chi connectivity index (χ4n) is 2.88. The van der Waals surface area contributed by atoms with Gasteiger partial charge in [0.2, 0.25) is 0 Å². The maximum Gasteiger partial charge on any atom is 0.104 e. The second kappa shape index (κ2) is 5.63. The number of fused-ring (bicyclic) bond motifs is 1. The van der Waals surface area contributed by atoms with Crippen molar-refractivity contribution < 1.29 is 0 Å². The summed E-state index contributed by atoms with van der Waals surface area (Å²) in [6.45, 7) is 1.95. The van der Waals surface area contributed by atoms with Crippen molar-refractivity contribution in [1.82, 2.24) is 0 Å². The molecule has 0 amide bonds. The van der Waals surface area contributed by atoms with E-state index in [0.717, 1.165) is 18.7 Å². The van der Waals surface area contributed by atoms with E-state index in [2.05, 4.69) is 35.2 Å². The average Bonchev–Trinajstić information content (AvgIpc) is 2.48. The molecule has 3 heteroatoms. The molecule has 1 aliphatic heterocycles. The van der Waals surface area contributed by atoms with Crippen LogP contribution in [0.5, 0.6) is 0 Å². The molecular weight excluding hydrogens is 264 g/mol. The third kappa shape index (κ3) is 2.54. The van der Waals surface area contributed by atoms with E-state index in [9.17, 15) is 0 Å². The fourth-order valence-corrected chi connectivity index (χ4v) is 3.08. The summed E-state index contributed by atoms with van der Waals surface area (Å²) < 4.78 is 0. The Hall–Kier alpha value is -1.87. The molecule has 0 aliphatic carbocycles. The Kier molecular flexibility index (Phi) is 3.70. The minimum Gasteiger partial charge on any atom is -0.389 e. The van der Waals surface area contributed by atoms with Crippen LogP contribution in [0.15, 0.2) is 48.5 Å². The van der Waals surface area contributed by atoms with Crippen LogP contribution < -0.4 is 10.6 Å². The van der Waals surface area contributed by atoms with Crippen LogP contribution in [0.4, 0.5) is 5.69 Å². The number of aryl methyl sites for hydroxylation is 1. The number of nitrogens with zero attached hydrogens (tertiary/aromatic N) is 1. The number of rotatable bonds is 3. The summed E-state index contributed by atoms with van der Waals surface area (Å²) in [4.78, 5) is 2.90. The van der Waals surface area contributed by atoms with Crippen molar-refractivity contribution in [3.8, 4) is 0 Å². The topological polar surface area (TPSA) is 29.3 Å². The summed E-state index contributed by atoms with van der Waals surface area (Å²) in [7, 11) is 0. The lowest BCUT2D eigenvalue weighted by atomic mass is 10.00. The van der Waals surface area contributed by atoms with Crippen LogP contribution in [0.25, 0.3) is 0 Å². The smallest absolute Gasteiger partial charge is 0.104 e. The minimum absolute atomic E-state index is 0.478. The van der Waals surface area contributed by atoms with Gasteiger partial charge >= 0.3 is 0 Å². The van der Waals surface area contributed by atoms with Crippen molar-refractivity contribution in [3.63, 3.8) is 0 Å². The molecule has 0 unspecified atom stereocenters. The number of benzene rings is 2. The third-order valence-corrected chi connectivity index (χ3v) is 4.07. The van der Waals surface area contributed by atoms with E-state index in [4.69, 9.17) is 18.0 Å². The van der Waals surface area contributed by atoms with Crippen LogP contribution in [-0.4, -0.2) is 11.5 Å². The average molecular weight is 282 g/mol. The predicted octanol–water partition coefficient (Wildman–Crippen LogP) is 3.27. The van der Waals surface area contributed by atoms with E-state index in [0.29, 0.717) is 4.99 Å². The number of hydrogen-bond acceptors (Lipinski definition) is 2. The van der Waals surface area contributed by atoms with Crippen LogP contribution in [0.1, 0.15) is 23.1 Å². The molecule has 0 aromatic heterocycles. The molecular formula is C17H18N2S. The van der Waals surface area contributed by atoms with Gasteiger partial charge in [0.15, 0.2) is 0 Å².